The van der Waals surface area contributed by atoms with Gasteiger partial charge in [-0.15, -0.1) is 5.10 Å². The second-order valence-corrected chi connectivity index (χ2v) is 8.25. The maximum Gasteiger partial charge on any atom is 0.253 e. The summed E-state index contributed by atoms with van der Waals surface area (Å²) in [5, 5.41) is 13.4. The number of aromatic nitrogens is 5. The largest absolute Gasteiger partial charge is 0.494 e. The van der Waals surface area contributed by atoms with Crippen LogP contribution in [0.5, 0.6) is 5.75 Å². The van der Waals surface area contributed by atoms with E-state index in [2.05, 4.69) is 37.4 Å². The van der Waals surface area contributed by atoms with E-state index >= 15 is 0 Å². The molecule has 4 heterocycles. The fourth-order valence-electron chi connectivity index (χ4n) is 4.31. The van der Waals surface area contributed by atoms with E-state index in [9.17, 15) is 4.79 Å². The molecule has 172 valence electrons. The van der Waals surface area contributed by atoms with Crippen molar-refractivity contribution >= 4 is 10.9 Å². The molecule has 5 rings (SSSR count). The van der Waals surface area contributed by atoms with Crippen LogP contribution >= 0.6 is 0 Å². The van der Waals surface area contributed by atoms with E-state index in [1.165, 1.54) is 0 Å². The summed E-state index contributed by atoms with van der Waals surface area (Å²) in [7, 11) is 2.10. The predicted molar refractivity (Wildman–Crippen MR) is 122 cm³/mol. The maximum atomic E-state index is 13.3. The molecule has 1 atom stereocenters. The second kappa shape index (κ2) is 9.16. The smallest absolute Gasteiger partial charge is 0.253 e. The average Bonchev–Trinajstić information content (AvgIpc) is 3.49. The number of ether oxygens (including phenoxy) is 1. The Labute approximate surface area is 190 Å². The van der Waals surface area contributed by atoms with Crippen LogP contribution in [0.4, 0.5) is 0 Å². The zero-order valence-electron chi connectivity index (χ0n) is 18.8. The molecule has 33 heavy (non-hydrogen) atoms. The number of pyridine rings is 1. The summed E-state index contributed by atoms with van der Waals surface area (Å²) in [4.78, 5) is 20.9. The molecule has 1 fully saturated rings. The van der Waals surface area contributed by atoms with Gasteiger partial charge in [0.05, 0.1) is 12.9 Å². The minimum atomic E-state index is -0.396. The number of nitrogens with one attached hydrogen (secondary N) is 1. The highest BCUT2D eigenvalue weighted by atomic mass is 16.5. The highest BCUT2D eigenvalue weighted by Gasteiger charge is 2.32. The van der Waals surface area contributed by atoms with Crippen LogP contribution in [0.2, 0.25) is 0 Å². The number of rotatable bonds is 7. The van der Waals surface area contributed by atoms with Crippen LogP contribution < -0.4 is 10.3 Å². The topological polar surface area (TPSA) is 105 Å². The van der Waals surface area contributed by atoms with Crippen molar-refractivity contribution in [2.75, 3.05) is 39.8 Å². The Hall–Kier alpha value is -3.50. The van der Waals surface area contributed by atoms with Gasteiger partial charge < -0.3 is 19.0 Å². The molecule has 1 aromatic carbocycles. The molecular formula is C23H27N7O3. The highest BCUT2D eigenvalue weighted by molar-refractivity contribution is 5.80. The first kappa shape index (κ1) is 21.4. The molecule has 3 aromatic heterocycles. The molecule has 1 saturated heterocycles. The van der Waals surface area contributed by atoms with Crippen LogP contribution in [-0.2, 0) is 6.54 Å². The van der Waals surface area contributed by atoms with Gasteiger partial charge in [-0.25, -0.2) is 4.68 Å². The van der Waals surface area contributed by atoms with Crippen LogP contribution in [0.1, 0.15) is 30.1 Å². The van der Waals surface area contributed by atoms with E-state index in [0.29, 0.717) is 24.5 Å². The molecule has 10 heteroatoms. The van der Waals surface area contributed by atoms with Crippen LogP contribution in [-0.4, -0.2) is 74.8 Å². The van der Waals surface area contributed by atoms with Gasteiger partial charge in [-0.3, -0.25) is 9.69 Å². The molecule has 1 aliphatic rings. The highest BCUT2D eigenvalue weighted by Crippen LogP contribution is 2.29. The van der Waals surface area contributed by atoms with Crippen molar-refractivity contribution in [3.8, 4) is 5.75 Å². The third-order valence-corrected chi connectivity index (χ3v) is 6.04. The second-order valence-electron chi connectivity index (χ2n) is 8.25. The van der Waals surface area contributed by atoms with Gasteiger partial charge in [-0.1, -0.05) is 0 Å². The predicted octanol–water partition coefficient (Wildman–Crippen LogP) is 1.89. The quantitative estimate of drug-likeness (QED) is 0.456. The molecule has 0 saturated carbocycles. The molecule has 0 spiro atoms. The van der Waals surface area contributed by atoms with Crippen molar-refractivity contribution in [1.82, 2.24) is 35.0 Å². The number of aromatic amines is 1. The Morgan fingerprint density at radius 2 is 2.03 bits per heavy atom. The van der Waals surface area contributed by atoms with Crippen molar-refractivity contribution in [3.05, 3.63) is 70.2 Å². The summed E-state index contributed by atoms with van der Waals surface area (Å²) >= 11 is 0. The summed E-state index contributed by atoms with van der Waals surface area (Å²) in [5.41, 5.74) is 1.22. The minimum Gasteiger partial charge on any atom is -0.494 e. The number of furan rings is 1. The molecule has 0 aliphatic carbocycles. The lowest BCUT2D eigenvalue weighted by molar-refractivity contribution is 0.121. The number of tetrazole rings is 1. The number of benzene rings is 1. The number of hydrogen-bond donors (Lipinski definition) is 1. The number of H-pyrrole nitrogens is 1. The summed E-state index contributed by atoms with van der Waals surface area (Å²) in [6.07, 6.45) is 1.63. The Morgan fingerprint density at radius 3 is 2.79 bits per heavy atom. The summed E-state index contributed by atoms with van der Waals surface area (Å²) in [5.74, 6) is 2.12. The van der Waals surface area contributed by atoms with Crippen LogP contribution in [0.25, 0.3) is 10.9 Å². The van der Waals surface area contributed by atoms with E-state index < -0.39 is 6.04 Å². The van der Waals surface area contributed by atoms with E-state index in [0.717, 1.165) is 48.6 Å². The molecule has 10 nitrogen and oxygen atoms in total. The van der Waals surface area contributed by atoms with Gasteiger partial charge in [-0.2, -0.15) is 0 Å². The molecule has 1 N–H and O–H groups in total. The number of fused-ring (bicyclic) bond motifs is 1. The SMILES string of the molecule is CCOc1ccc2[nH]c(=O)c([C@@H](c3nnnn3Cc3ccco3)N3CCN(C)CC3)cc2c1. The van der Waals surface area contributed by atoms with E-state index in [-0.39, 0.29) is 5.56 Å². The van der Waals surface area contributed by atoms with Gasteiger partial charge in [0.2, 0.25) is 0 Å². The molecule has 0 radical (unpaired) electrons. The fourth-order valence-corrected chi connectivity index (χ4v) is 4.31. The van der Waals surface area contributed by atoms with Crippen LogP contribution in [0.15, 0.2) is 51.9 Å². The monoisotopic (exact) mass is 449 g/mol. The third kappa shape index (κ3) is 4.39. The molecular weight excluding hydrogens is 422 g/mol. The number of piperazine rings is 1. The maximum absolute atomic E-state index is 13.3. The fraction of sp³-hybridized carbons (Fsp3) is 0.391. The lowest BCUT2D eigenvalue weighted by Gasteiger charge is -2.37. The minimum absolute atomic E-state index is 0.150. The van der Waals surface area contributed by atoms with Crippen molar-refractivity contribution in [1.29, 1.82) is 0 Å². The van der Waals surface area contributed by atoms with Crippen LogP contribution in [0.3, 0.4) is 0 Å². The van der Waals surface area contributed by atoms with E-state index in [1.807, 2.05) is 43.3 Å². The van der Waals surface area contributed by atoms with Gasteiger partial charge in [-0.05, 0) is 60.8 Å². The summed E-state index contributed by atoms with van der Waals surface area (Å²) in [6.45, 7) is 6.31. The van der Waals surface area contributed by atoms with Gasteiger partial charge in [0.25, 0.3) is 5.56 Å². The van der Waals surface area contributed by atoms with Gasteiger partial charge >= 0.3 is 0 Å². The van der Waals surface area contributed by atoms with E-state index in [1.54, 1.807) is 10.9 Å². The first-order chi connectivity index (χ1) is 16.1. The van der Waals surface area contributed by atoms with Gasteiger partial charge in [0.1, 0.15) is 24.1 Å². The van der Waals surface area contributed by atoms with Crippen LogP contribution in [0, 0.1) is 0 Å². The van der Waals surface area contributed by atoms with Gasteiger partial charge in [0.15, 0.2) is 5.82 Å². The molecule has 0 bridgehead atoms. The van der Waals surface area contributed by atoms with Crippen molar-refractivity contribution < 1.29 is 9.15 Å². The lowest BCUT2D eigenvalue weighted by Crippen LogP contribution is -2.47. The molecule has 0 amide bonds. The first-order valence-corrected chi connectivity index (χ1v) is 11.1. The zero-order chi connectivity index (χ0) is 22.8. The van der Waals surface area contributed by atoms with Crippen molar-refractivity contribution in [2.45, 2.75) is 19.5 Å². The Morgan fingerprint density at radius 1 is 1.18 bits per heavy atom. The number of nitrogens with zero attached hydrogens (tertiary/aromatic N) is 6. The van der Waals surface area contributed by atoms with Crippen molar-refractivity contribution in [2.24, 2.45) is 0 Å². The summed E-state index contributed by atoms with van der Waals surface area (Å²) < 4.78 is 12.9. The Bertz CT molecular complexity index is 1270. The average molecular weight is 450 g/mol. The number of likely N-dealkylation sites (N-methyl/N-ethyl adjacent to an activating group) is 1. The summed E-state index contributed by atoms with van der Waals surface area (Å²) in [6, 6.07) is 10.9. The Kier molecular flexibility index (Phi) is 5.93. The van der Waals surface area contributed by atoms with E-state index in [4.69, 9.17) is 9.15 Å². The zero-order valence-corrected chi connectivity index (χ0v) is 18.8. The first-order valence-electron chi connectivity index (χ1n) is 11.1. The number of hydrogen-bond acceptors (Lipinski definition) is 8. The standard InChI is InChI=1S/C23H27N7O3/c1-3-32-17-6-7-20-16(13-17)14-19(23(31)24-20)21(29-10-8-28(2)9-11-29)22-25-26-27-30(22)15-18-5-4-12-33-18/h4-7,12-14,21H,3,8-11,15H2,1-2H3,(H,24,31)/t21-/m0/s1. The molecule has 0 unspecified atom stereocenters. The van der Waals surface area contributed by atoms with Crippen molar-refractivity contribution in [3.63, 3.8) is 0 Å². The normalized spacial score (nSPS) is 16.3. The molecule has 4 aromatic rings. The Balaban J connectivity index is 1.61. The molecule has 1 aliphatic heterocycles. The lowest BCUT2D eigenvalue weighted by atomic mass is 10.0. The van der Waals surface area contributed by atoms with Gasteiger partial charge in [0, 0.05) is 42.6 Å². The third-order valence-electron chi connectivity index (χ3n) is 6.04.